The molecule has 0 saturated carbocycles. The minimum Gasteiger partial charge on any atom is -0.490 e. The third-order valence-corrected chi connectivity index (χ3v) is 4.94. The molecule has 1 amide bonds. The van der Waals surface area contributed by atoms with Crippen LogP contribution in [0.15, 0.2) is 29.1 Å². The van der Waals surface area contributed by atoms with Crippen molar-refractivity contribution in [2.24, 2.45) is 0 Å². The molecule has 1 heterocycles. The Kier molecular flexibility index (Phi) is 9.78. The van der Waals surface area contributed by atoms with E-state index in [1.807, 2.05) is 19.9 Å². The lowest BCUT2D eigenvalue weighted by Gasteiger charge is -2.28. The molecule has 0 spiro atoms. The van der Waals surface area contributed by atoms with Crippen LogP contribution in [0.5, 0.6) is 5.75 Å². The molecule has 0 fully saturated rings. The van der Waals surface area contributed by atoms with E-state index in [0.29, 0.717) is 36.0 Å². The molecule has 1 unspecified atom stereocenters. The molecule has 1 aromatic heterocycles. The van der Waals surface area contributed by atoms with Crippen molar-refractivity contribution >= 4 is 16.8 Å². The number of carbonyl (C=O) groups is 1. The fourth-order valence-electron chi connectivity index (χ4n) is 3.05. The molecule has 0 aliphatic rings. The van der Waals surface area contributed by atoms with E-state index in [4.69, 9.17) is 10.00 Å². The molecule has 0 saturated heterocycles. The molecule has 4 N–H and O–H groups in total. The summed E-state index contributed by atoms with van der Waals surface area (Å²) < 4.78 is 5.72. The Morgan fingerprint density at radius 1 is 1.38 bits per heavy atom. The number of amides is 1. The highest BCUT2D eigenvalue weighted by molar-refractivity contribution is 5.85. The minimum absolute atomic E-state index is 0.0260. The summed E-state index contributed by atoms with van der Waals surface area (Å²) in [6, 6.07) is 8.37. The normalized spacial score (nSPS) is 12.1. The van der Waals surface area contributed by atoms with Gasteiger partial charge in [-0.15, -0.1) is 10.1 Å². The maximum Gasteiger partial charge on any atom is 0.294 e. The van der Waals surface area contributed by atoms with Gasteiger partial charge in [-0.25, -0.2) is 0 Å². The Morgan fingerprint density at radius 3 is 2.85 bits per heavy atom. The van der Waals surface area contributed by atoms with Crippen LogP contribution in [0.4, 0.5) is 0 Å². The summed E-state index contributed by atoms with van der Waals surface area (Å²) in [6.07, 6.45) is 0.260. The number of hydrogen-bond acceptors (Lipinski definition) is 9. The van der Waals surface area contributed by atoms with E-state index in [0.717, 1.165) is 0 Å². The van der Waals surface area contributed by atoms with Crippen LogP contribution in [-0.4, -0.2) is 59.0 Å². The molecule has 2 rings (SSSR count). The Balaban J connectivity index is 1.76. The van der Waals surface area contributed by atoms with Crippen molar-refractivity contribution in [2.75, 3.05) is 26.3 Å². The molecule has 1 aromatic carbocycles. The van der Waals surface area contributed by atoms with E-state index in [1.165, 1.54) is 6.07 Å². The van der Waals surface area contributed by atoms with Gasteiger partial charge in [0.2, 0.25) is 5.91 Å². The first-order valence-corrected chi connectivity index (χ1v) is 10.8. The fourth-order valence-corrected chi connectivity index (χ4v) is 3.05. The number of H-pyrrole nitrogens is 1. The molecule has 0 bridgehead atoms. The number of unbranched alkanes of at least 4 members (excludes halogenated alkanes) is 1. The number of benzene rings is 1. The summed E-state index contributed by atoms with van der Waals surface area (Å²) in [5.74, 6) is 0.255. The number of fused-ring (bicyclic) bond motifs is 1. The second kappa shape index (κ2) is 12.5. The van der Waals surface area contributed by atoms with Crippen molar-refractivity contribution in [3.8, 4) is 11.8 Å². The van der Waals surface area contributed by atoms with Crippen LogP contribution < -0.4 is 20.9 Å². The SMILES string of the molecule is CC(C)(CNC(=O)CCCCO[N+](=O)[O-])NCC(O)COc1cccc2[nH]c(=O)c(C#N)cc12. The van der Waals surface area contributed by atoms with Gasteiger partial charge in [0.25, 0.3) is 10.6 Å². The molecule has 34 heavy (non-hydrogen) atoms. The van der Waals surface area contributed by atoms with Gasteiger partial charge in [0, 0.05) is 30.4 Å². The largest absolute Gasteiger partial charge is 0.490 e. The number of pyridine rings is 1. The summed E-state index contributed by atoms with van der Waals surface area (Å²) in [5, 5.41) is 35.1. The number of rotatable bonds is 14. The first kappa shape index (κ1) is 26.6. The highest BCUT2D eigenvalue weighted by atomic mass is 16.9. The Bertz CT molecular complexity index is 1090. The van der Waals surface area contributed by atoms with Gasteiger partial charge in [-0.3, -0.25) is 9.59 Å². The van der Waals surface area contributed by atoms with Crippen molar-refractivity contribution in [1.29, 1.82) is 5.26 Å². The van der Waals surface area contributed by atoms with Gasteiger partial charge in [0.15, 0.2) is 0 Å². The number of carbonyl (C=O) groups excluding carboxylic acids is 1. The summed E-state index contributed by atoms with van der Waals surface area (Å²) in [4.78, 5) is 40.6. The number of β-amino-alcohol motifs (C(OH)–C–C–N with tert-alkyl or cyclic N) is 1. The number of nitrogens with zero attached hydrogens (tertiary/aromatic N) is 2. The Labute approximate surface area is 196 Å². The Hall–Kier alpha value is -3.69. The van der Waals surface area contributed by atoms with Gasteiger partial charge in [0.05, 0.1) is 12.1 Å². The summed E-state index contributed by atoms with van der Waals surface area (Å²) in [5.41, 5.74) is -0.489. The number of aliphatic hydroxyl groups is 1. The van der Waals surface area contributed by atoms with E-state index in [1.54, 1.807) is 18.2 Å². The maximum absolute atomic E-state index is 11.9. The highest BCUT2D eigenvalue weighted by Crippen LogP contribution is 2.24. The predicted molar refractivity (Wildman–Crippen MR) is 123 cm³/mol. The quantitative estimate of drug-likeness (QED) is 0.176. The number of aromatic amines is 1. The molecule has 12 heteroatoms. The maximum atomic E-state index is 11.9. The van der Waals surface area contributed by atoms with Crippen molar-refractivity contribution in [1.82, 2.24) is 15.6 Å². The van der Waals surface area contributed by atoms with Gasteiger partial charge in [0.1, 0.15) is 30.1 Å². The average molecular weight is 476 g/mol. The predicted octanol–water partition coefficient (Wildman–Crippen LogP) is 1.00. The summed E-state index contributed by atoms with van der Waals surface area (Å²) in [7, 11) is 0. The molecule has 0 aliphatic heterocycles. The number of hydrogen-bond donors (Lipinski definition) is 4. The zero-order valence-corrected chi connectivity index (χ0v) is 19.1. The van der Waals surface area contributed by atoms with Crippen molar-refractivity contribution in [2.45, 2.75) is 44.8 Å². The van der Waals surface area contributed by atoms with Crippen LogP contribution in [0.25, 0.3) is 10.9 Å². The van der Waals surface area contributed by atoms with Crippen LogP contribution in [0.2, 0.25) is 0 Å². The topological polar surface area (TPSA) is 180 Å². The molecule has 0 radical (unpaired) electrons. The second-order valence-electron chi connectivity index (χ2n) is 8.36. The van der Waals surface area contributed by atoms with Gasteiger partial charge in [-0.1, -0.05) is 6.07 Å². The van der Waals surface area contributed by atoms with Crippen LogP contribution in [-0.2, 0) is 9.63 Å². The monoisotopic (exact) mass is 475 g/mol. The van der Waals surface area contributed by atoms with Crippen LogP contribution in [0, 0.1) is 21.4 Å². The number of nitriles is 1. The summed E-state index contributed by atoms with van der Waals surface area (Å²) in [6.45, 7) is 4.20. The van der Waals surface area contributed by atoms with Crippen LogP contribution in [0.3, 0.4) is 0 Å². The zero-order valence-electron chi connectivity index (χ0n) is 19.1. The zero-order chi connectivity index (χ0) is 25.1. The first-order chi connectivity index (χ1) is 16.1. The molecular formula is C22H29N5O7. The van der Waals surface area contributed by atoms with Gasteiger partial charge >= 0.3 is 0 Å². The van der Waals surface area contributed by atoms with E-state index in [2.05, 4.69) is 20.5 Å². The van der Waals surface area contributed by atoms with E-state index < -0.39 is 22.3 Å². The molecule has 1 atom stereocenters. The molecule has 184 valence electrons. The molecule has 2 aromatic rings. The molecule has 0 aliphatic carbocycles. The van der Waals surface area contributed by atoms with Crippen molar-refractivity contribution in [3.05, 3.63) is 50.3 Å². The second-order valence-corrected chi connectivity index (χ2v) is 8.36. The standard InChI is InChI=1S/C22H29N5O7/c1-22(2,14-24-20(29)8-3-4-9-34-27(31)32)25-12-16(28)13-33-19-7-5-6-18-17(19)10-15(11-23)21(30)26-18/h5-7,10,16,25,28H,3-4,8-9,12-14H2,1-2H3,(H,24,29)(H,26,30). The Morgan fingerprint density at radius 2 is 2.15 bits per heavy atom. The highest BCUT2D eigenvalue weighted by Gasteiger charge is 2.20. The van der Waals surface area contributed by atoms with Crippen LogP contribution in [0.1, 0.15) is 38.7 Å². The lowest BCUT2D eigenvalue weighted by molar-refractivity contribution is -0.757. The van der Waals surface area contributed by atoms with Gasteiger partial charge in [-0.05, 0) is 44.9 Å². The first-order valence-electron chi connectivity index (χ1n) is 10.8. The van der Waals surface area contributed by atoms with E-state index in [-0.39, 0.29) is 37.6 Å². The van der Waals surface area contributed by atoms with E-state index >= 15 is 0 Å². The van der Waals surface area contributed by atoms with Crippen molar-refractivity contribution < 1.29 is 24.6 Å². The minimum atomic E-state index is -0.859. The third kappa shape index (κ3) is 8.68. The number of aromatic nitrogens is 1. The smallest absolute Gasteiger partial charge is 0.294 e. The number of aliphatic hydroxyl groups excluding tert-OH is 1. The number of nitrogens with one attached hydrogen (secondary N) is 3. The lowest BCUT2D eigenvalue weighted by atomic mass is 10.1. The number of ether oxygens (including phenoxy) is 1. The summed E-state index contributed by atoms with van der Waals surface area (Å²) >= 11 is 0. The lowest BCUT2D eigenvalue weighted by Crippen LogP contribution is -2.51. The van der Waals surface area contributed by atoms with Gasteiger partial charge < -0.3 is 30.3 Å². The van der Waals surface area contributed by atoms with Crippen molar-refractivity contribution in [3.63, 3.8) is 0 Å². The third-order valence-electron chi connectivity index (χ3n) is 4.94. The van der Waals surface area contributed by atoms with E-state index in [9.17, 15) is 24.8 Å². The fraction of sp³-hybridized carbons (Fsp3) is 0.500. The average Bonchev–Trinajstić information content (AvgIpc) is 2.79. The molecular weight excluding hydrogens is 446 g/mol. The molecule has 12 nitrogen and oxygen atoms in total. The van der Waals surface area contributed by atoms with Gasteiger partial charge in [-0.2, -0.15) is 5.26 Å². The van der Waals surface area contributed by atoms with Crippen LogP contribution >= 0.6 is 0 Å².